The molecule has 0 aromatic heterocycles. The van der Waals surface area contributed by atoms with Crippen LogP contribution in [0, 0.1) is 6.92 Å². The highest BCUT2D eigenvalue weighted by Gasteiger charge is 2.18. The van der Waals surface area contributed by atoms with Crippen molar-refractivity contribution in [3.05, 3.63) is 101 Å². The van der Waals surface area contributed by atoms with Crippen LogP contribution < -0.4 is 4.90 Å². The fraction of sp³-hybridized carbons (Fsp3) is 0.208. The van der Waals surface area contributed by atoms with Gasteiger partial charge < -0.3 is 9.74 Å². The molecule has 0 radical (unpaired) electrons. The van der Waals surface area contributed by atoms with Crippen molar-refractivity contribution >= 4 is 11.4 Å². The van der Waals surface area contributed by atoms with E-state index in [1.807, 2.05) is 6.92 Å². The van der Waals surface area contributed by atoms with Crippen LogP contribution in [0.15, 0.2) is 78.0 Å². The van der Waals surface area contributed by atoms with Crippen LogP contribution in [0.1, 0.15) is 34.7 Å². The molecule has 4 rings (SSSR count). The third kappa shape index (κ3) is 4.03. The number of benzene rings is 3. The monoisotopic (exact) mass is 356 g/mol. The number of hydrogen-bond donors (Lipinski definition) is 0. The summed E-state index contributed by atoms with van der Waals surface area (Å²) in [5, 5.41) is 4.32. The Labute approximate surface area is 160 Å². The van der Waals surface area contributed by atoms with E-state index in [-0.39, 0.29) is 0 Å². The normalized spacial score (nSPS) is 13.6. The molecule has 1 aliphatic heterocycles. The molecule has 0 amide bonds. The molecule has 0 unspecified atom stereocenters. The lowest BCUT2D eigenvalue weighted by molar-refractivity contribution is 0.130. The van der Waals surface area contributed by atoms with Gasteiger partial charge in [0.05, 0.1) is 5.71 Å². The summed E-state index contributed by atoms with van der Waals surface area (Å²) in [4.78, 5) is 7.96. The van der Waals surface area contributed by atoms with E-state index in [9.17, 15) is 0 Å². The minimum Gasteiger partial charge on any atom is -0.391 e. The molecule has 1 heterocycles. The Morgan fingerprint density at radius 2 is 1.63 bits per heavy atom. The van der Waals surface area contributed by atoms with Crippen LogP contribution in [0.5, 0.6) is 0 Å². The van der Waals surface area contributed by atoms with Crippen molar-refractivity contribution in [1.29, 1.82) is 0 Å². The molecule has 0 atom stereocenters. The highest BCUT2D eigenvalue weighted by molar-refractivity contribution is 5.99. The summed E-state index contributed by atoms with van der Waals surface area (Å²) >= 11 is 0. The van der Waals surface area contributed by atoms with Gasteiger partial charge in [0.1, 0.15) is 6.61 Å². The lowest BCUT2D eigenvalue weighted by Crippen LogP contribution is -2.14. The Kier molecular flexibility index (Phi) is 4.93. The molecule has 0 fully saturated rings. The van der Waals surface area contributed by atoms with Crippen molar-refractivity contribution in [1.82, 2.24) is 0 Å². The zero-order valence-electron chi connectivity index (χ0n) is 15.9. The van der Waals surface area contributed by atoms with Gasteiger partial charge in [-0.2, -0.15) is 0 Å². The highest BCUT2D eigenvalue weighted by atomic mass is 16.6. The standard InChI is InChI=1S/C24H24N2O/c1-18-10-12-20(13-11-18)17-27-25-19(2)21-8-5-9-24(14-21)26-15-22-6-3-4-7-23(22)16-26/h3-14H,15-17H2,1-2H3/b25-19-. The molecule has 0 bridgehead atoms. The van der Waals surface area contributed by atoms with Crippen LogP contribution in [0.25, 0.3) is 0 Å². The molecule has 0 saturated heterocycles. The first-order valence-electron chi connectivity index (χ1n) is 9.33. The summed E-state index contributed by atoms with van der Waals surface area (Å²) in [6, 6.07) is 25.5. The van der Waals surface area contributed by atoms with Crippen molar-refractivity contribution < 1.29 is 4.84 Å². The smallest absolute Gasteiger partial charge is 0.142 e. The molecule has 136 valence electrons. The minimum atomic E-state index is 0.485. The number of rotatable bonds is 5. The van der Waals surface area contributed by atoms with E-state index in [1.54, 1.807) is 0 Å². The average molecular weight is 356 g/mol. The summed E-state index contributed by atoms with van der Waals surface area (Å²) in [6.45, 7) is 6.48. The Balaban J connectivity index is 1.43. The van der Waals surface area contributed by atoms with Gasteiger partial charge in [0.15, 0.2) is 0 Å². The molecule has 0 saturated carbocycles. The Morgan fingerprint density at radius 3 is 2.33 bits per heavy atom. The molecule has 27 heavy (non-hydrogen) atoms. The van der Waals surface area contributed by atoms with Crippen LogP contribution in [0.3, 0.4) is 0 Å². The second-order valence-electron chi connectivity index (χ2n) is 7.11. The number of oxime groups is 1. The molecule has 1 aliphatic rings. The maximum atomic E-state index is 5.57. The number of hydrogen-bond acceptors (Lipinski definition) is 3. The van der Waals surface area contributed by atoms with Crippen molar-refractivity contribution in [2.75, 3.05) is 4.90 Å². The van der Waals surface area contributed by atoms with Gasteiger partial charge in [-0.05, 0) is 42.7 Å². The maximum Gasteiger partial charge on any atom is 0.142 e. The second-order valence-corrected chi connectivity index (χ2v) is 7.11. The third-order valence-corrected chi connectivity index (χ3v) is 5.02. The van der Waals surface area contributed by atoms with Crippen molar-refractivity contribution in [2.45, 2.75) is 33.5 Å². The molecule has 0 N–H and O–H groups in total. The molecule has 3 aromatic carbocycles. The molecule has 0 spiro atoms. The first-order chi connectivity index (χ1) is 13.2. The van der Waals surface area contributed by atoms with Crippen LogP contribution >= 0.6 is 0 Å². The number of anilines is 1. The van der Waals surface area contributed by atoms with Gasteiger partial charge in [-0.1, -0.05) is 71.4 Å². The van der Waals surface area contributed by atoms with Gasteiger partial charge in [-0.3, -0.25) is 0 Å². The van der Waals surface area contributed by atoms with E-state index in [0.717, 1.165) is 29.9 Å². The predicted octanol–water partition coefficient (Wildman–Crippen LogP) is 5.46. The van der Waals surface area contributed by atoms with Crippen molar-refractivity contribution in [2.24, 2.45) is 5.16 Å². The van der Waals surface area contributed by atoms with Crippen LogP contribution in [0.4, 0.5) is 5.69 Å². The van der Waals surface area contributed by atoms with Gasteiger partial charge in [0.2, 0.25) is 0 Å². The largest absolute Gasteiger partial charge is 0.391 e. The first kappa shape index (κ1) is 17.3. The quantitative estimate of drug-likeness (QED) is 0.448. The van der Waals surface area contributed by atoms with E-state index in [4.69, 9.17) is 4.84 Å². The molecular formula is C24H24N2O. The van der Waals surface area contributed by atoms with Gasteiger partial charge >= 0.3 is 0 Å². The zero-order valence-corrected chi connectivity index (χ0v) is 15.9. The Morgan fingerprint density at radius 1 is 0.926 bits per heavy atom. The van der Waals surface area contributed by atoms with Crippen LogP contribution in [-0.4, -0.2) is 5.71 Å². The first-order valence-corrected chi connectivity index (χ1v) is 9.33. The van der Waals surface area contributed by atoms with Crippen molar-refractivity contribution in [3.63, 3.8) is 0 Å². The van der Waals surface area contributed by atoms with Gasteiger partial charge in [-0.25, -0.2) is 0 Å². The van der Waals surface area contributed by atoms with Gasteiger partial charge in [0.25, 0.3) is 0 Å². The lowest BCUT2D eigenvalue weighted by Gasteiger charge is -2.18. The average Bonchev–Trinajstić information content (AvgIpc) is 3.14. The second kappa shape index (κ2) is 7.67. The summed E-state index contributed by atoms with van der Waals surface area (Å²) in [5.74, 6) is 0. The van der Waals surface area contributed by atoms with E-state index < -0.39 is 0 Å². The number of fused-ring (bicyclic) bond motifs is 1. The fourth-order valence-electron chi connectivity index (χ4n) is 3.38. The van der Waals surface area contributed by atoms with E-state index in [0.29, 0.717) is 6.61 Å². The fourth-order valence-corrected chi connectivity index (χ4v) is 3.38. The Bertz CT molecular complexity index is 935. The molecule has 0 aliphatic carbocycles. The Hall–Kier alpha value is -3.07. The molecule has 3 nitrogen and oxygen atoms in total. The van der Waals surface area contributed by atoms with E-state index in [2.05, 4.69) is 89.8 Å². The van der Waals surface area contributed by atoms with Gasteiger partial charge in [0, 0.05) is 24.3 Å². The topological polar surface area (TPSA) is 24.8 Å². The van der Waals surface area contributed by atoms with E-state index in [1.165, 1.54) is 22.4 Å². The van der Waals surface area contributed by atoms with Gasteiger partial charge in [-0.15, -0.1) is 0 Å². The summed E-state index contributed by atoms with van der Waals surface area (Å²) in [6.07, 6.45) is 0. The van der Waals surface area contributed by atoms with Crippen molar-refractivity contribution in [3.8, 4) is 0 Å². The highest BCUT2D eigenvalue weighted by Crippen LogP contribution is 2.28. The van der Waals surface area contributed by atoms with Crippen LogP contribution in [0.2, 0.25) is 0 Å². The molecular weight excluding hydrogens is 332 g/mol. The summed E-state index contributed by atoms with van der Waals surface area (Å²) in [7, 11) is 0. The molecule has 3 aromatic rings. The maximum absolute atomic E-state index is 5.57. The summed E-state index contributed by atoms with van der Waals surface area (Å²) in [5.41, 5.74) is 8.40. The number of aryl methyl sites for hydroxylation is 1. The predicted molar refractivity (Wildman–Crippen MR) is 111 cm³/mol. The molecule has 3 heteroatoms. The lowest BCUT2D eigenvalue weighted by atomic mass is 10.1. The minimum absolute atomic E-state index is 0.485. The SMILES string of the molecule is C/C(=N/OCc1ccc(C)cc1)c1cccc(N2Cc3ccccc3C2)c1. The number of nitrogens with zero attached hydrogens (tertiary/aromatic N) is 2. The van der Waals surface area contributed by atoms with E-state index >= 15 is 0 Å². The summed E-state index contributed by atoms with van der Waals surface area (Å²) < 4.78 is 0. The van der Waals surface area contributed by atoms with Crippen LogP contribution in [-0.2, 0) is 24.5 Å². The zero-order chi connectivity index (χ0) is 18.6. The third-order valence-electron chi connectivity index (χ3n) is 5.02.